The number of benzene rings is 1. The molecule has 0 radical (unpaired) electrons. The van der Waals surface area contributed by atoms with Gasteiger partial charge < -0.3 is 10.4 Å². The van der Waals surface area contributed by atoms with Crippen LogP contribution >= 0.6 is 11.3 Å². The Bertz CT molecular complexity index is 491. The highest BCUT2D eigenvalue weighted by atomic mass is 32.1. The lowest BCUT2D eigenvalue weighted by atomic mass is 10.2. The smallest absolute Gasteiger partial charge is 0.217 e. The second kappa shape index (κ2) is 5.25. The van der Waals surface area contributed by atoms with Crippen molar-refractivity contribution in [2.24, 2.45) is 0 Å². The Balaban J connectivity index is 2.31. The molecule has 1 aromatic heterocycles. The molecule has 0 fully saturated rings. The zero-order valence-corrected chi connectivity index (χ0v) is 10.3. The number of aromatic nitrogens is 1. The summed E-state index contributed by atoms with van der Waals surface area (Å²) in [5.41, 5.74) is 0.931. The van der Waals surface area contributed by atoms with Crippen LogP contribution in [0.5, 0.6) is 0 Å². The van der Waals surface area contributed by atoms with E-state index in [0.29, 0.717) is 6.42 Å². The number of hydrogen-bond donors (Lipinski definition) is 2. The van der Waals surface area contributed by atoms with Gasteiger partial charge in [0.2, 0.25) is 5.91 Å². The molecule has 0 aliphatic rings. The predicted octanol–water partition coefficient (Wildman–Crippen LogP) is 1.86. The van der Waals surface area contributed by atoms with Gasteiger partial charge in [-0.05, 0) is 18.6 Å². The molecule has 2 N–H and O–H groups in total. The highest BCUT2D eigenvalue weighted by Crippen LogP contribution is 2.27. The fourth-order valence-electron chi connectivity index (χ4n) is 1.67. The van der Waals surface area contributed by atoms with E-state index in [-0.39, 0.29) is 18.6 Å². The number of para-hydroxylation sites is 1. The van der Waals surface area contributed by atoms with Gasteiger partial charge in [-0.3, -0.25) is 4.79 Å². The minimum absolute atomic E-state index is 0.0286. The fraction of sp³-hybridized carbons (Fsp3) is 0.333. The molecule has 1 atom stereocenters. The van der Waals surface area contributed by atoms with Crippen LogP contribution in [-0.2, 0) is 4.79 Å². The maximum Gasteiger partial charge on any atom is 0.217 e. The average molecular weight is 250 g/mol. The number of hydrogen-bond acceptors (Lipinski definition) is 4. The lowest BCUT2D eigenvalue weighted by Gasteiger charge is -2.13. The molecular formula is C12H14N2O2S. The number of thiazole rings is 1. The Kier molecular flexibility index (Phi) is 3.71. The summed E-state index contributed by atoms with van der Waals surface area (Å²) in [6.45, 7) is 1.50. The minimum Gasteiger partial charge on any atom is -0.396 e. The number of carbonyl (C=O) groups is 1. The average Bonchev–Trinajstić information content (AvgIpc) is 2.71. The first-order valence-corrected chi connectivity index (χ1v) is 6.26. The molecule has 4 nitrogen and oxygen atoms in total. The van der Waals surface area contributed by atoms with Crippen LogP contribution in [0.1, 0.15) is 24.4 Å². The number of nitrogens with zero attached hydrogens (tertiary/aromatic N) is 1. The van der Waals surface area contributed by atoms with Crippen molar-refractivity contribution in [1.29, 1.82) is 0 Å². The van der Waals surface area contributed by atoms with Crippen LogP contribution in [0, 0.1) is 0 Å². The molecule has 1 aromatic carbocycles. The summed E-state index contributed by atoms with van der Waals surface area (Å²) in [7, 11) is 0. The van der Waals surface area contributed by atoms with Gasteiger partial charge in [-0.25, -0.2) is 4.98 Å². The van der Waals surface area contributed by atoms with Crippen molar-refractivity contribution in [2.75, 3.05) is 6.61 Å². The summed E-state index contributed by atoms with van der Waals surface area (Å²) in [4.78, 5) is 15.6. The Labute approximate surface area is 103 Å². The molecule has 2 rings (SSSR count). The summed E-state index contributed by atoms with van der Waals surface area (Å²) in [5, 5.41) is 12.7. The van der Waals surface area contributed by atoms with Crippen LogP contribution in [-0.4, -0.2) is 22.6 Å². The molecule has 17 heavy (non-hydrogen) atoms. The molecule has 2 aromatic rings. The Morgan fingerprint density at radius 2 is 2.29 bits per heavy atom. The first kappa shape index (κ1) is 12.0. The van der Waals surface area contributed by atoms with E-state index >= 15 is 0 Å². The highest BCUT2D eigenvalue weighted by molar-refractivity contribution is 7.18. The molecule has 1 heterocycles. The minimum atomic E-state index is -0.199. The predicted molar refractivity (Wildman–Crippen MR) is 67.9 cm³/mol. The van der Waals surface area contributed by atoms with Gasteiger partial charge >= 0.3 is 0 Å². The second-order valence-electron chi connectivity index (χ2n) is 3.79. The van der Waals surface area contributed by atoms with E-state index in [9.17, 15) is 4.79 Å². The van der Waals surface area contributed by atoms with Crippen LogP contribution in [0.25, 0.3) is 10.2 Å². The quantitative estimate of drug-likeness (QED) is 0.870. The SMILES string of the molecule is CC(=O)N[C@@H](CCO)c1nc2ccccc2s1. The molecule has 0 spiro atoms. The van der Waals surface area contributed by atoms with E-state index in [1.165, 1.54) is 6.92 Å². The molecule has 0 unspecified atom stereocenters. The Morgan fingerprint density at radius 3 is 2.94 bits per heavy atom. The van der Waals surface area contributed by atoms with Gasteiger partial charge in [0.1, 0.15) is 5.01 Å². The lowest BCUT2D eigenvalue weighted by molar-refractivity contribution is -0.119. The molecule has 0 saturated heterocycles. The molecule has 0 saturated carbocycles. The van der Waals surface area contributed by atoms with Crippen molar-refractivity contribution in [1.82, 2.24) is 10.3 Å². The standard InChI is InChI=1S/C12H14N2O2S/c1-8(16)13-10(6-7-15)12-14-9-4-2-3-5-11(9)17-12/h2-5,10,15H,6-7H2,1H3,(H,13,16)/t10-/m0/s1. The van der Waals surface area contributed by atoms with Crippen molar-refractivity contribution < 1.29 is 9.90 Å². The summed E-state index contributed by atoms with van der Waals surface area (Å²) in [6.07, 6.45) is 0.486. The van der Waals surface area contributed by atoms with Crippen molar-refractivity contribution in [3.05, 3.63) is 29.3 Å². The van der Waals surface area contributed by atoms with Gasteiger partial charge in [0.15, 0.2) is 0 Å². The number of rotatable bonds is 4. The van der Waals surface area contributed by atoms with Gasteiger partial charge in [0, 0.05) is 13.5 Å². The number of carbonyl (C=O) groups excluding carboxylic acids is 1. The van der Waals surface area contributed by atoms with E-state index in [4.69, 9.17) is 5.11 Å². The third-order valence-corrected chi connectivity index (χ3v) is 3.55. The van der Waals surface area contributed by atoms with E-state index in [0.717, 1.165) is 15.2 Å². The van der Waals surface area contributed by atoms with Gasteiger partial charge in [0.05, 0.1) is 16.3 Å². The largest absolute Gasteiger partial charge is 0.396 e. The van der Waals surface area contributed by atoms with Crippen LogP contribution < -0.4 is 5.32 Å². The van der Waals surface area contributed by atoms with E-state index in [1.807, 2.05) is 24.3 Å². The first-order chi connectivity index (χ1) is 8.20. The Hall–Kier alpha value is -1.46. The third-order valence-electron chi connectivity index (χ3n) is 2.40. The summed E-state index contributed by atoms with van der Waals surface area (Å²) in [5.74, 6) is -0.109. The van der Waals surface area contributed by atoms with Gasteiger partial charge in [-0.15, -0.1) is 11.3 Å². The zero-order valence-electron chi connectivity index (χ0n) is 9.51. The van der Waals surface area contributed by atoms with Gasteiger partial charge in [-0.2, -0.15) is 0 Å². The van der Waals surface area contributed by atoms with Crippen LogP contribution in [0.3, 0.4) is 0 Å². The van der Waals surface area contributed by atoms with E-state index < -0.39 is 0 Å². The second-order valence-corrected chi connectivity index (χ2v) is 4.85. The number of aliphatic hydroxyl groups excluding tert-OH is 1. The number of aliphatic hydroxyl groups is 1. The molecule has 5 heteroatoms. The summed E-state index contributed by atoms with van der Waals surface area (Å²) in [6, 6.07) is 7.64. The molecular weight excluding hydrogens is 236 g/mol. The van der Waals surface area contributed by atoms with Crippen molar-refractivity contribution in [3.8, 4) is 0 Å². The van der Waals surface area contributed by atoms with E-state index in [1.54, 1.807) is 11.3 Å². The maximum atomic E-state index is 11.1. The molecule has 0 aliphatic heterocycles. The molecule has 1 amide bonds. The maximum absolute atomic E-state index is 11.1. The summed E-state index contributed by atoms with van der Waals surface area (Å²) < 4.78 is 1.09. The molecule has 90 valence electrons. The first-order valence-electron chi connectivity index (χ1n) is 5.44. The van der Waals surface area contributed by atoms with Gasteiger partial charge in [-0.1, -0.05) is 12.1 Å². The van der Waals surface area contributed by atoms with Crippen molar-refractivity contribution >= 4 is 27.5 Å². The number of amides is 1. The van der Waals surface area contributed by atoms with Crippen LogP contribution in [0.15, 0.2) is 24.3 Å². The van der Waals surface area contributed by atoms with Crippen LogP contribution in [0.2, 0.25) is 0 Å². The molecule has 0 bridgehead atoms. The third kappa shape index (κ3) is 2.81. The summed E-state index contributed by atoms with van der Waals surface area (Å²) >= 11 is 1.55. The normalized spacial score (nSPS) is 12.6. The van der Waals surface area contributed by atoms with E-state index in [2.05, 4.69) is 10.3 Å². The lowest BCUT2D eigenvalue weighted by Crippen LogP contribution is -2.26. The topological polar surface area (TPSA) is 62.2 Å². The molecule has 0 aliphatic carbocycles. The number of fused-ring (bicyclic) bond motifs is 1. The van der Waals surface area contributed by atoms with Crippen molar-refractivity contribution in [3.63, 3.8) is 0 Å². The zero-order chi connectivity index (χ0) is 12.3. The highest BCUT2D eigenvalue weighted by Gasteiger charge is 2.16. The number of nitrogens with one attached hydrogen (secondary N) is 1. The van der Waals surface area contributed by atoms with Crippen molar-refractivity contribution in [2.45, 2.75) is 19.4 Å². The fourth-order valence-corrected chi connectivity index (χ4v) is 2.72. The van der Waals surface area contributed by atoms with Gasteiger partial charge in [0.25, 0.3) is 0 Å². The van der Waals surface area contributed by atoms with Crippen LogP contribution in [0.4, 0.5) is 0 Å². The monoisotopic (exact) mass is 250 g/mol. The Morgan fingerprint density at radius 1 is 1.53 bits per heavy atom.